The van der Waals surface area contributed by atoms with Crippen molar-refractivity contribution in [3.8, 4) is 5.75 Å². The van der Waals surface area contributed by atoms with Gasteiger partial charge in [0.05, 0.1) is 12.7 Å². The lowest BCUT2D eigenvalue weighted by molar-refractivity contribution is -0.136. The van der Waals surface area contributed by atoms with Gasteiger partial charge in [-0.25, -0.2) is 4.39 Å². The maximum Gasteiger partial charge on any atom is 0.278 e. The first-order chi connectivity index (χ1) is 15.9. The first kappa shape index (κ1) is 22.6. The van der Waals surface area contributed by atoms with Crippen molar-refractivity contribution in [3.05, 3.63) is 100.0 Å². The first-order valence-corrected chi connectivity index (χ1v) is 10.8. The Bertz CT molecular complexity index is 1240. The standard InChI is InChI=1S/C26H22ClFN2O3/c1-16-15-19(27)7-12-22(16)29-24-23(18-5-10-21(33-2)11-6-18)25(31)30(26(24)32)14-13-17-3-8-20(28)9-4-17/h3-12,15,29H,13-14H2,1-2H3. The van der Waals surface area contributed by atoms with Gasteiger partial charge in [0.25, 0.3) is 11.8 Å². The minimum Gasteiger partial charge on any atom is -0.497 e. The van der Waals surface area contributed by atoms with Crippen molar-refractivity contribution >= 4 is 34.7 Å². The molecular weight excluding hydrogens is 443 g/mol. The molecule has 2 amide bonds. The van der Waals surface area contributed by atoms with Crippen LogP contribution in [0.3, 0.4) is 0 Å². The summed E-state index contributed by atoms with van der Waals surface area (Å²) in [4.78, 5) is 28.0. The molecule has 3 aromatic rings. The Hall–Kier alpha value is -3.64. The Labute approximate surface area is 196 Å². The van der Waals surface area contributed by atoms with E-state index in [4.69, 9.17) is 16.3 Å². The van der Waals surface area contributed by atoms with Crippen LogP contribution in [0, 0.1) is 12.7 Å². The van der Waals surface area contributed by atoms with E-state index in [1.807, 2.05) is 6.92 Å². The van der Waals surface area contributed by atoms with Crippen LogP contribution in [0.15, 0.2) is 72.4 Å². The van der Waals surface area contributed by atoms with Crippen LogP contribution in [0.2, 0.25) is 5.02 Å². The Morgan fingerprint density at radius 1 is 0.970 bits per heavy atom. The number of imide groups is 1. The highest BCUT2D eigenvalue weighted by atomic mass is 35.5. The molecule has 5 nitrogen and oxygen atoms in total. The lowest BCUT2D eigenvalue weighted by Crippen LogP contribution is -2.34. The molecule has 1 N–H and O–H groups in total. The van der Waals surface area contributed by atoms with E-state index in [2.05, 4.69) is 5.32 Å². The van der Waals surface area contributed by atoms with Crippen molar-refractivity contribution in [2.75, 3.05) is 19.0 Å². The fraction of sp³-hybridized carbons (Fsp3) is 0.154. The number of halogens is 2. The Morgan fingerprint density at radius 3 is 2.30 bits per heavy atom. The molecule has 0 radical (unpaired) electrons. The number of carbonyl (C=O) groups is 2. The normalized spacial score (nSPS) is 13.6. The number of hydrogen-bond donors (Lipinski definition) is 1. The molecule has 1 aliphatic heterocycles. The zero-order valence-corrected chi connectivity index (χ0v) is 18.9. The van der Waals surface area contributed by atoms with E-state index in [9.17, 15) is 14.0 Å². The van der Waals surface area contributed by atoms with E-state index >= 15 is 0 Å². The lowest BCUT2D eigenvalue weighted by Gasteiger charge is -2.16. The van der Waals surface area contributed by atoms with Crippen LogP contribution >= 0.6 is 11.6 Å². The van der Waals surface area contributed by atoms with Gasteiger partial charge >= 0.3 is 0 Å². The maximum absolute atomic E-state index is 13.4. The molecule has 168 valence electrons. The third kappa shape index (κ3) is 4.76. The second-order valence-corrected chi connectivity index (χ2v) is 8.14. The number of benzene rings is 3. The van der Waals surface area contributed by atoms with Gasteiger partial charge in [-0.3, -0.25) is 14.5 Å². The van der Waals surface area contributed by atoms with Gasteiger partial charge in [-0.1, -0.05) is 35.9 Å². The van der Waals surface area contributed by atoms with E-state index in [1.54, 1.807) is 61.7 Å². The lowest BCUT2D eigenvalue weighted by atomic mass is 10.0. The summed E-state index contributed by atoms with van der Waals surface area (Å²) in [5, 5.41) is 3.74. The number of nitrogens with one attached hydrogen (secondary N) is 1. The molecule has 1 heterocycles. The highest BCUT2D eigenvalue weighted by Crippen LogP contribution is 2.32. The molecule has 0 bridgehead atoms. The quantitative estimate of drug-likeness (QED) is 0.486. The van der Waals surface area contributed by atoms with Crippen LogP contribution in [0.1, 0.15) is 16.7 Å². The summed E-state index contributed by atoms with van der Waals surface area (Å²) in [5.74, 6) is -0.489. The highest BCUT2D eigenvalue weighted by molar-refractivity contribution is 6.36. The molecule has 0 unspecified atom stereocenters. The molecule has 0 saturated heterocycles. The van der Waals surface area contributed by atoms with Gasteiger partial charge in [-0.2, -0.15) is 0 Å². The highest BCUT2D eigenvalue weighted by Gasteiger charge is 2.39. The van der Waals surface area contributed by atoms with Crippen molar-refractivity contribution in [3.63, 3.8) is 0 Å². The summed E-state index contributed by atoms with van der Waals surface area (Å²) < 4.78 is 18.4. The number of rotatable bonds is 7. The van der Waals surface area contributed by atoms with E-state index in [-0.39, 0.29) is 29.5 Å². The molecule has 7 heteroatoms. The van der Waals surface area contributed by atoms with Gasteiger partial charge in [0, 0.05) is 17.3 Å². The molecule has 0 saturated carbocycles. The number of nitrogens with zero attached hydrogens (tertiary/aromatic N) is 1. The van der Waals surface area contributed by atoms with Crippen LogP contribution in [0.5, 0.6) is 5.75 Å². The number of amides is 2. The molecule has 0 fully saturated rings. The minimum absolute atomic E-state index is 0.174. The monoisotopic (exact) mass is 464 g/mol. The molecule has 4 rings (SSSR count). The van der Waals surface area contributed by atoms with Crippen LogP contribution in [-0.4, -0.2) is 30.4 Å². The average molecular weight is 465 g/mol. The topological polar surface area (TPSA) is 58.6 Å². The van der Waals surface area contributed by atoms with Gasteiger partial charge in [0.1, 0.15) is 17.3 Å². The summed E-state index contributed by atoms with van der Waals surface area (Å²) in [6, 6.07) is 18.3. The summed E-state index contributed by atoms with van der Waals surface area (Å²) in [6.45, 7) is 2.04. The van der Waals surface area contributed by atoms with Gasteiger partial charge in [0.2, 0.25) is 0 Å². The van der Waals surface area contributed by atoms with E-state index in [0.29, 0.717) is 28.4 Å². The number of ether oxygens (including phenoxy) is 1. The SMILES string of the molecule is COc1ccc(C2=C(Nc3ccc(Cl)cc3C)C(=O)N(CCc3ccc(F)cc3)C2=O)cc1. The van der Waals surface area contributed by atoms with Crippen molar-refractivity contribution < 1.29 is 18.7 Å². The molecule has 3 aromatic carbocycles. The summed E-state index contributed by atoms with van der Waals surface area (Å²) in [7, 11) is 1.56. The Morgan fingerprint density at radius 2 is 1.67 bits per heavy atom. The van der Waals surface area contributed by atoms with Crippen molar-refractivity contribution in [1.82, 2.24) is 4.90 Å². The van der Waals surface area contributed by atoms with Crippen LogP contribution in [0.4, 0.5) is 10.1 Å². The van der Waals surface area contributed by atoms with Crippen molar-refractivity contribution in [1.29, 1.82) is 0 Å². The van der Waals surface area contributed by atoms with Gasteiger partial charge in [-0.05, 0) is 72.5 Å². The van der Waals surface area contributed by atoms with Gasteiger partial charge in [0.15, 0.2) is 0 Å². The zero-order valence-electron chi connectivity index (χ0n) is 18.2. The maximum atomic E-state index is 13.4. The molecule has 0 atom stereocenters. The minimum atomic E-state index is -0.415. The smallest absolute Gasteiger partial charge is 0.278 e. The Kier molecular flexibility index (Phi) is 6.47. The van der Waals surface area contributed by atoms with Gasteiger partial charge in [-0.15, -0.1) is 0 Å². The van der Waals surface area contributed by atoms with E-state index < -0.39 is 5.91 Å². The molecular formula is C26H22ClFN2O3. The summed E-state index contributed by atoms with van der Waals surface area (Å²) in [5.41, 5.74) is 3.45. The average Bonchev–Trinajstić information content (AvgIpc) is 3.04. The third-order valence-electron chi connectivity index (χ3n) is 5.53. The third-order valence-corrected chi connectivity index (χ3v) is 5.77. The molecule has 33 heavy (non-hydrogen) atoms. The first-order valence-electron chi connectivity index (χ1n) is 10.4. The number of methoxy groups -OCH3 is 1. The van der Waals surface area contributed by atoms with Gasteiger partial charge < -0.3 is 10.1 Å². The number of hydrogen-bond acceptors (Lipinski definition) is 4. The molecule has 0 aliphatic carbocycles. The predicted octanol–water partition coefficient (Wildman–Crippen LogP) is 5.23. The number of carbonyl (C=O) groups excluding carboxylic acids is 2. The van der Waals surface area contributed by atoms with E-state index in [1.165, 1.54) is 17.0 Å². The summed E-state index contributed by atoms with van der Waals surface area (Å²) in [6.07, 6.45) is 0.418. The number of aryl methyl sites for hydroxylation is 1. The number of anilines is 1. The fourth-order valence-corrected chi connectivity index (χ4v) is 3.94. The summed E-state index contributed by atoms with van der Waals surface area (Å²) >= 11 is 6.07. The zero-order chi connectivity index (χ0) is 23.5. The van der Waals surface area contributed by atoms with E-state index in [0.717, 1.165) is 11.1 Å². The van der Waals surface area contributed by atoms with Crippen LogP contribution in [0.25, 0.3) is 5.57 Å². The van der Waals surface area contributed by atoms with Crippen LogP contribution < -0.4 is 10.1 Å². The van der Waals surface area contributed by atoms with Crippen molar-refractivity contribution in [2.24, 2.45) is 0 Å². The molecule has 1 aliphatic rings. The fourth-order valence-electron chi connectivity index (χ4n) is 3.71. The largest absolute Gasteiger partial charge is 0.497 e. The van der Waals surface area contributed by atoms with Crippen molar-refractivity contribution in [2.45, 2.75) is 13.3 Å². The second kappa shape index (κ2) is 9.46. The molecule has 0 spiro atoms. The second-order valence-electron chi connectivity index (χ2n) is 7.70. The molecule has 0 aromatic heterocycles. The van der Waals surface area contributed by atoms with Crippen LogP contribution in [-0.2, 0) is 16.0 Å². The Balaban J connectivity index is 1.67. The predicted molar refractivity (Wildman–Crippen MR) is 127 cm³/mol.